The predicted octanol–water partition coefficient (Wildman–Crippen LogP) is 1.83. The van der Waals surface area contributed by atoms with Gasteiger partial charge in [0.05, 0.1) is 5.69 Å². The number of rotatable bonds is 10. The molecule has 7 heteroatoms. The first kappa shape index (κ1) is 21.1. The van der Waals surface area contributed by atoms with Crippen LogP contribution in [0.5, 0.6) is 11.5 Å². The van der Waals surface area contributed by atoms with E-state index in [1.54, 1.807) is 6.92 Å². The number of para-hydroxylation sites is 1. The normalized spacial score (nSPS) is 13.4. The Balaban J connectivity index is 1.84. The van der Waals surface area contributed by atoms with Crippen LogP contribution in [0.15, 0.2) is 36.5 Å². The molecule has 148 valence electrons. The molecule has 0 fully saturated rings. The van der Waals surface area contributed by atoms with Gasteiger partial charge in [-0.05, 0) is 38.0 Å². The van der Waals surface area contributed by atoms with Gasteiger partial charge >= 0.3 is 0 Å². The molecule has 27 heavy (non-hydrogen) atoms. The van der Waals surface area contributed by atoms with Crippen LogP contribution in [0.1, 0.15) is 36.5 Å². The van der Waals surface area contributed by atoms with Crippen molar-refractivity contribution in [1.29, 1.82) is 0 Å². The molecule has 0 amide bonds. The molecule has 2 rings (SSSR count). The predicted molar refractivity (Wildman–Crippen MR) is 102 cm³/mol. The van der Waals surface area contributed by atoms with Gasteiger partial charge in [0.1, 0.15) is 30.4 Å². The van der Waals surface area contributed by atoms with Crippen LogP contribution in [0.2, 0.25) is 0 Å². The van der Waals surface area contributed by atoms with E-state index >= 15 is 0 Å². The fourth-order valence-corrected chi connectivity index (χ4v) is 2.44. The summed E-state index contributed by atoms with van der Waals surface area (Å²) in [6.07, 6.45) is -0.490. The maximum absolute atomic E-state index is 10.2. The van der Waals surface area contributed by atoms with Gasteiger partial charge in [0.2, 0.25) is 0 Å². The number of aromatic nitrogens is 1. The lowest BCUT2D eigenvalue weighted by atomic mass is 10.2. The SMILES string of the molecule is CCC(NCC(O)COc1cc(C(O)O)cnc1C)Oc1ccccc1C. The third-order valence-corrected chi connectivity index (χ3v) is 4.11. The van der Waals surface area contributed by atoms with Gasteiger partial charge in [0.25, 0.3) is 0 Å². The van der Waals surface area contributed by atoms with Crippen molar-refractivity contribution in [2.45, 2.75) is 45.8 Å². The minimum absolute atomic E-state index is 0.0430. The van der Waals surface area contributed by atoms with E-state index in [1.165, 1.54) is 12.3 Å². The van der Waals surface area contributed by atoms with Crippen molar-refractivity contribution in [3.63, 3.8) is 0 Å². The maximum atomic E-state index is 10.2. The smallest absolute Gasteiger partial charge is 0.180 e. The number of benzene rings is 1. The first-order valence-electron chi connectivity index (χ1n) is 9.00. The average molecular weight is 376 g/mol. The first-order chi connectivity index (χ1) is 12.9. The molecular formula is C20H28N2O5. The Morgan fingerprint density at radius 2 is 1.85 bits per heavy atom. The zero-order chi connectivity index (χ0) is 19.8. The van der Waals surface area contributed by atoms with Crippen molar-refractivity contribution in [1.82, 2.24) is 10.3 Å². The van der Waals surface area contributed by atoms with Gasteiger partial charge in [0, 0.05) is 18.3 Å². The highest BCUT2D eigenvalue weighted by Crippen LogP contribution is 2.21. The van der Waals surface area contributed by atoms with Crippen molar-refractivity contribution in [2.75, 3.05) is 13.2 Å². The van der Waals surface area contributed by atoms with Crippen LogP contribution in [0.4, 0.5) is 0 Å². The molecule has 0 bridgehead atoms. The summed E-state index contributed by atoms with van der Waals surface area (Å²) >= 11 is 0. The molecule has 4 N–H and O–H groups in total. The minimum Gasteiger partial charge on any atom is -0.489 e. The standard InChI is InChI=1S/C20H28N2O5/c1-4-19(27-17-8-6-5-7-13(17)2)22-11-16(23)12-26-18-9-15(20(24)25)10-21-14(18)3/h5-10,16,19-20,22-25H,4,11-12H2,1-3H3. The molecule has 7 nitrogen and oxygen atoms in total. The molecule has 1 heterocycles. The van der Waals surface area contributed by atoms with Crippen LogP contribution < -0.4 is 14.8 Å². The van der Waals surface area contributed by atoms with Gasteiger partial charge in [-0.25, -0.2) is 0 Å². The van der Waals surface area contributed by atoms with Crippen LogP contribution in [0.25, 0.3) is 0 Å². The van der Waals surface area contributed by atoms with Crippen molar-refractivity contribution in [2.24, 2.45) is 0 Å². The van der Waals surface area contributed by atoms with Gasteiger partial charge in [-0.15, -0.1) is 0 Å². The van der Waals surface area contributed by atoms with Crippen molar-refractivity contribution in [3.8, 4) is 11.5 Å². The summed E-state index contributed by atoms with van der Waals surface area (Å²) < 4.78 is 11.5. The quantitative estimate of drug-likeness (QED) is 0.469. The third kappa shape index (κ3) is 6.48. The Kier molecular flexibility index (Phi) is 7.99. The van der Waals surface area contributed by atoms with Gasteiger partial charge in [-0.2, -0.15) is 0 Å². The molecule has 2 aromatic rings. The summed E-state index contributed by atoms with van der Waals surface area (Å²) in [5, 5.41) is 31.8. The molecule has 0 saturated heterocycles. The lowest BCUT2D eigenvalue weighted by Crippen LogP contribution is -2.40. The lowest BCUT2D eigenvalue weighted by molar-refractivity contribution is -0.0429. The van der Waals surface area contributed by atoms with Crippen molar-refractivity contribution < 1.29 is 24.8 Å². The number of pyridine rings is 1. The van der Waals surface area contributed by atoms with Crippen LogP contribution in [0.3, 0.4) is 0 Å². The molecule has 2 atom stereocenters. The van der Waals surface area contributed by atoms with Gasteiger partial charge < -0.3 is 24.8 Å². The van der Waals surface area contributed by atoms with E-state index in [0.717, 1.165) is 17.7 Å². The Morgan fingerprint density at radius 3 is 2.52 bits per heavy atom. The first-order valence-corrected chi connectivity index (χ1v) is 9.00. The second-order valence-corrected chi connectivity index (χ2v) is 6.38. The molecule has 1 aromatic heterocycles. The van der Waals surface area contributed by atoms with E-state index in [0.29, 0.717) is 18.0 Å². The number of aliphatic hydroxyl groups excluding tert-OH is 2. The summed E-state index contributed by atoms with van der Waals surface area (Å²) in [6.45, 7) is 6.06. The fraction of sp³-hybridized carbons (Fsp3) is 0.450. The number of nitrogens with one attached hydrogen (secondary N) is 1. The molecular weight excluding hydrogens is 348 g/mol. The van der Waals surface area contributed by atoms with Crippen LogP contribution >= 0.6 is 0 Å². The Bertz CT molecular complexity index is 723. The highest BCUT2D eigenvalue weighted by atomic mass is 16.5. The van der Waals surface area contributed by atoms with E-state index in [1.807, 2.05) is 38.1 Å². The average Bonchev–Trinajstić information content (AvgIpc) is 2.65. The van der Waals surface area contributed by atoms with E-state index in [-0.39, 0.29) is 18.4 Å². The zero-order valence-electron chi connectivity index (χ0n) is 15.9. The molecule has 0 aliphatic carbocycles. The Hall–Kier alpha value is -2.19. The number of aryl methyl sites for hydroxylation is 2. The van der Waals surface area contributed by atoms with Crippen LogP contribution in [0, 0.1) is 13.8 Å². The summed E-state index contributed by atoms with van der Waals surface area (Å²) in [5.74, 6) is 1.21. The van der Waals surface area contributed by atoms with E-state index in [9.17, 15) is 15.3 Å². The van der Waals surface area contributed by atoms with E-state index in [4.69, 9.17) is 9.47 Å². The summed E-state index contributed by atoms with van der Waals surface area (Å²) in [4.78, 5) is 4.06. The molecule has 0 spiro atoms. The number of ether oxygens (including phenoxy) is 2. The highest BCUT2D eigenvalue weighted by molar-refractivity contribution is 5.32. The molecule has 0 radical (unpaired) electrons. The Morgan fingerprint density at radius 1 is 1.11 bits per heavy atom. The number of hydrogen-bond acceptors (Lipinski definition) is 7. The third-order valence-electron chi connectivity index (χ3n) is 4.11. The maximum Gasteiger partial charge on any atom is 0.180 e. The number of aliphatic hydroxyl groups is 3. The topological polar surface area (TPSA) is 104 Å². The van der Waals surface area contributed by atoms with Gasteiger partial charge in [0.15, 0.2) is 6.29 Å². The van der Waals surface area contributed by atoms with E-state index < -0.39 is 12.4 Å². The second kappa shape index (κ2) is 10.2. The van der Waals surface area contributed by atoms with Crippen molar-refractivity contribution >= 4 is 0 Å². The summed E-state index contributed by atoms with van der Waals surface area (Å²) in [6, 6.07) is 9.28. The zero-order valence-corrected chi connectivity index (χ0v) is 15.9. The second-order valence-electron chi connectivity index (χ2n) is 6.38. The monoisotopic (exact) mass is 376 g/mol. The lowest BCUT2D eigenvalue weighted by Gasteiger charge is -2.22. The summed E-state index contributed by atoms with van der Waals surface area (Å²) in [7, 11) is 0. The van der Waals surface area contributed by atoms with Crippen LogP contribution in [-0.2, 0) is 0 Å². The number of nitrogens with zero attached hydrogens (tertiary/aromatic N) is 1. The molecule has 2 unspecified atom stereocenters. The van der Waals surface area contributed by atoms with Gasteiger partial charge in [-0.1, -0.05) is 25.1 Å². The van der Waals surface area contributed by atoms with Crippen molar-refractivity contribution in [3.05, 3.63) is 53.3 Å². The minimum atomic E-state index is -1.61. The molecule has 1 aromatic carbocycles. The fourth-order valence-electron chi connectivity index (χ4n) is 2.44. The molecule has 0 saturated carbocycles. The summed E-state index contributed by atoms with van der Waals surface area (Å²) in [5.41, 5.74) is 1.89. The Labute approximate surface area is 159 Å². The highest BCUT2D eigenvalue weighted by Gasteiger charge is 2.14. The van der Waals surface area contributed by atoms with Crippen LogP contribution in [-0.4, -0.2) is 45.8 Å². The van der Waals surface area contributed by atoms with Gasteiger partial charge in [-0.3, -0.25) is 10.3 Å². The molecule has 0 aliphatic rings. The van der Waals surface area contributed by atoms with E-state index in [2.05, 4.69) is 10.3 Å². The number of hydrogen-bond donors (Lipinski definition) is 4. The largest absolute Gasteiger partial charge is 0.489 e. The molecule has 0 aliphatic heterocycles.